The lowest BCUT2D eigenvalue weighted by atomic mass is 10.1. The van der Waals surface area contributed by atoms with Crippen LogP contribution in [0.4, 0.5) is 0 Å². The van der Waals surface area contributed by atoms with E-state index in [4.69, 9.17) is 4.74 Å². The van der Waals surface area contributed by atoms with Gasteiger partial charge in [-0.2, -0.15) is 4.98 Å². The minimum absolute atomic E-state index is 0.648. The number of aryl methyl sites for hydroxylation is 1. The van der Waals surface area contributed by atoms with Crippen LogP contribution in [0, 0.1) is 5.92 Å². The molecule has 0 radical (unpaired) electrons. The largest absolute Gasteiger partial charge is 0.468 e. The molecule has 0 spiro atoms. The summed E-state index contributed by atoms with van der Waals surface area (Å²) in [5.74, 6) is 0.658. The maximum atomic E-state index is 5.27. The lowest BCUT2D eigenvalue weighted by Gasteiger charge is -2.08. The second kappa shape index (κ2) is 4.51. The average molecular weight is 219 g/mol. The summed E-state index contributed by atoms with van der Waals surface area (Å²) in [6.07, 6.45) is 2.88. The molecule has 0 aliphatic rings. The summed E-state index contributed by atoms with van der Waals surface area (Å²) in [4.78, 5) is 8.74. The summed E-state index contributed by atoms with van der Waals surface area (Å²) in [6.45, 7) is 5.31. The van der Waals surface area contributed by atoms with Gasteiger partial charge in [0.05, 0.1) is 7.11 Å². The molecule has 2 heterocycles. The molecular weight excluding hydrogens is 202 g/mol. The molecule has 16 heavy (non-hydrogen) atoms. The van der Waals surface area contributed by atoms with Gasteiger partial charge in [-0.3, -0.25) is 4.57 Å². The van der Waals surface area contributed by atoms with Crippen molar-refractivity contribution in [2.45, 2.75) is 26.8 Å². The van der Waals surface area contributed by atoms with Gasteiger partial charge in [-0.15, -0.1) is 0 Å². The fraction of sp³-hybridized carbons (Fsp3) is 0.500. The van der Waals surface area contributed by atoms with Gasteiger partial charge in [-0.05, 0) is 24.5 Å². The highest BCUT2D eigenvalue weighted by molar-refractivity contribution is 5.71. The first kappa shape index (κ1) is 10.9. The van der Waals surface area contributed by atoms with Crippen LogP contribution in [-0.2, 0) is 6.54 Å². The van der Waals surface area contributed by atoms with Gasteiger partial charge in [0, 0.05) is 12.7 Å². The van der Waals surface area contributed by atoms with Gasteiger partial charge >= 0.3 is 0 Å². The molecule has 2 aromatic heterocycles. The second-order valence-corrected chi connectivity index (χ2v) is 4.28. The Labute approximate surface area is 95.3 Å². The summed E-state index contributed by atoms with van der Waals surface area (Å²) >= 11 is 0. The Morgan fingerprint density at radius 3 is 2.94 bits per heavy atom. The van der Waals surface area contributed by atoms with E-state index in [9.17, 15) is 0 Å². The molecule has 2 aromatic rings. The van der Waals surface area contributed by atoms with Crippen molar-refractivity contribution in [1.29, 1.82) is 0 Å². The van der Waals surface area contributed by atoms with E-state index < -0.39 is 0 Å². The Kier molecular flexibility index (Phi) is 3.08. The Hall–Kier alpha value is -1.58. The smallest absolute Gasteiger partial charge is 0.298 e. The van der Waals surface area contributed by atoms with Crippen molar-refractivity contribution < 1.29 is 4.74 Å². The van der Waals surface area contributed by atoms with Crippen LogP contribution in [0.15, 0.2) is 18.3 Å². The van der Waals surface area contributed by atoms with Gasteiger partial charge < -0.3 is 4.74 Å². The molecule has 0 bridgehead atoms. The number of rotatable bonds is 4. The number of ether oxygens (including phenoxy) is 1. The first-order valence-corrected chi connectivity index (χ1v) is 5.57. The van der Waals surface area contributed by atoms with E-state index in [1.54, 1.807) is 13.3 Å². The van der Waals surface area contributed by atoms with Crippen LogP contribution >= 0.6 is 0 Å². The van der Waals surface area contributed by atoms with Gasteiger partial charge in [-0.1, -0.05) is 13.8 Å². The van der Waals surface area contributed by atoms with Crippen LogP contribution < -0.4 is 4.74 Å². The van der Waals surface area contributed by atoms with Crippen molar-refractivity contribution in [3.05, 3.63) is 18.3 Å². The number of aromatic nitrogens is 3. The van der Waals surface area contributed by atoms with Gasteiger partial charge in [-0.25, -0.2) is 4.98 Å². The van der Waals surface area contributed by atoms with Crippen LogP contribution in [0.5, 0.6) is 6.01 Å². The molecule has 0 amide bonds. The topological polar surface area (TPSA) is 39.9 Å². The van der Waals surface area contributed by atoms with Crippen molar-refractivity contribution in [2.24, 2.45) is 5.92 Å². The van der Waals surface area contributed by atoms with Gasteiger partial charge in [0.25, 0.3) is 6.01 Å². The fourth-order valence-electron chi connectivity index (χ4n) is 1.68. The van der Waals surface area contributed by atoms with Crippen molar-refractivity contribution in [2.75, 3.05) is 7.11 Å². The standard InChI is InChI=1S/C12H17N3O/c1-9(2)6-8-15-11-10(5-4-7-13-11)14-12(15)16-3/h4-5,7,9H,6,8H2,1-3H3. The number of hydrogen-bond acceptors (Lipinski definition) is 3. The van der Waals surface area contributed by atoms with Crippen molar-refractivity contribution in [3.63, 3.8) is 0 Å². The number of hydrogen-bond donors (Lipinski definition) is 0. The summed E-state index contributed by atoms with van der Waals surface area (Å²) in [6, 6.07) is 4.49. The highest BCUT2D eigenvalue weighted by Gasteiger charge is 2.11. The Morgan fingerprint density at radius 2 is 2.25 bits per heavy atom. The van der Waals surface area contributed by atoms with E-state index in [0.29, 0.717) is 11.9 Å². The van der Waals surface area contributed by atoms with Crippen molar-refractivity contribution in [1.82, 2.24) is 14.5 Å². The predicted molar refractivity (Wildman–Crippen MR) is 63.5 cm³/mol. The Bertz CT molecular complexity index is 476. The normalized spacial score (nSPS) is 11.2. The van der Waals surface area contributed by atoms with Gasteiger partial charge in [0.2, 0.25) is 0 Å². The minimum Gasteiger partial charge on any atom is -0.468 e. The summed E-state index contributed by atoms with van der Waals surface area (Å²) < 4.78 is 7.31. The highest BCUT2D eigenvalue weighted by atomic mass is 16.5. The molecule has 0 unspecified atom stereocenters. The van der Waals surface area contributed by atoms with Crippen LogP contribution in [0.3, 0.4) is 0 Å². The number of methoxy groups -OCH3 is 1. The predicted octanol–water partition coefficient (Wildman–Crippen LogP) is 2.49. The summed E-state index contributed by atoms with van der Waals surface area (Å²) in [5, 5.41) is 0. The van der Waals surface area contributed by atoms with Gasteiger partial charge in [0.1, 0.15) is 5.52 Å². The minimum atomic E-state index is 0.648. The Morgan fingerprint density at radius 1 is 1.44 bits per heavy atom. The van der Waals surface area contributed by atoms with E-state index in [1.807, 2.05) is 16.7 Å². The molecule has 0 fully saturated rings. The summed E-state index contributed by atoms with van der Waals surface area (Å²) in [5.41, 5.74) is 1.79. The van der Waals surface area contributed by atoms with Crippen molar-refractivity contribution >= 4 is 11.2 Å². The molecule has 0 saturated carbocycles. The van der Waals surface area contributed by atoms with Crippen LogP contribution in [0.2, 0.25) is 0 Å². The lowest BCUT2D eigenvalue weighted by Crippen LogP contribution is -2.04. The molecule has 4 nitrogen and oxygen atoms in total. The zero-order chi connectivity index (χ0) is 11.5. The van der Waals surface area contributed by atoms with E-state index in [0.717, 1.165) is 24.1 Å². The van der Waals surface area contributed by atoms with Gasteiger partial charge in [0.15, 0.2) is 5.65 Å². The van der Waals surface area contributed by atoms with E-state index in [-0.39, 0.29) is 0 Å². The van der Waals surface area contributed by atoms with Crippen molar-refractivity contribution in [3.8, 4) is 6.01 Å². The first-order chi connectivity index (χ1) is 7.72. The molecule has 0 N–H and O–H groups in total. The first-order valence-electron chi connectivity index (χ1n) is 5.57. The number of fused-ring (bicyclic) bond motifs is 1. The SMILES string of the molecule is COc1nc2cccnc2n1CCC(C)C. The van der Waals surface area contributed by atoms with E-state index in [2.05, 4.69) is 23.8 Å². The molecular formula is C12H17N3O. The molecule has 0 aromatic carbocycles. The molecule has 0 aliphatic carbocycles. The highest BCUT2D eigenvalue weighted by Crippen LogP contribution is 2.20. The zero-order valence-electron chi connectivity index (χ0n) is 9.97. The fourth-order valence-corrected chi connectivity index (χ4v) is 1.68. The molecule has 4 heteroatoms. The third kappa shape index (κ3) is 2.01. The Balaban J connectivity index is 2.39. The number of imidazole rings is 1. The zero-order valence-corrected chi connectivity index (χ0v) is 9.97. The van der Waals surface area contributed by atoms with Crippen LogP contribution in [0.25, 0.3) is 11.2 Å². The second-order valence-electron chi connectivity index (χ2n) is 4.28. The third-order valence-corrected chi connectivity index (χ3v) is 2.58. The summed E-state index contributed by atoms with van der Waals surface area (Å²) in [7, 11) is 1.65. The average Bonchev–Trinajstić information content (AvgIpc) is 2.64. The molecule has 86 valence electrons. The van der Waals surface area contributed by atoms with E-state index >= 15 is 0 Å². The quantitative estimate of drug-likeness (QED) is 0.793. The monoisotopic (exact) mass is 219 g/mol. The van der Waals surface area contributed by atoms with E-state index in [1.165, 1.54) is 0 Å². The molecule has 0 atom stereocenters. The number of pyridine rings is 1. The van der Waals surface area contributed by atoms with Crippen LogP contribution in [0.1, 0.15) is 20.3 Å². The lowest BCUT2D eigenvalue weighted by molar-refractivity contribution is 0.352. The molecule has 2 rings (SSSR count). The third-order valence-electron chi connectivity index (χ3n) is 2.58. The maximum absolute atomic E-state index is 5.27. The number of nitrogens with zero attached hydrogens (tertiary/aromatic N) is 3. The maximum Gasteiger partial charge on any atom is 0.298 e. The molecule has 0 aliphatic heterocycles. The van der Waals surface area contributed by atoms with Crippen LogP contribution in [-0.4, -0.2) is 21.6 Å². The molecule has 0 saturated heterocycles.